The van der Waals surface area contributed by atoms with Gasteiger partial charge < -0.3 is 19.5 Å². The Hall–Kier alpha value is -3.66. The van der Waals surface area contributed by atoms with Crippen molar-refractivity contribution >= 4 is 11.8 Å². The first-order valence-corrected chi connectivity index (χ1v) is 11.8. The van der Waals surface area contributed by atoms with Crippen molar-refractivity contribution in [3.05, 3.63) is 88.8 Å². The van der Waals surface area contributed by atoms with Gasteiger partial charge in [-0.1, -0.05) is 12.1 Å². The highest BCUT2D eigenvalue weighted by Crippen LogP contribution is 2.29. The van der Waals surface area contributed by atoms with Crippen LogP contribution in [0.1, 0.15) is 46.3 Å². The third-order valence-corrected chi connectivity index (χ3v) is 6.72. The number of fused-ring (bicyclic) bond motifs is 1. The summed E-state index contributed by atoms with van der Waals surface area (Å²) in [4.78, 5) is 31.7. The van der Waals surface area contributed by atoms with Gasteiger partial charge in [-0.3, -0.25) is 9.59 Å². The Morgan fingerprint density at radius 3 is 2.39 bits per heavy atom. The molecule has 0 saturated carbocycles. The average Bonchev–Trinajstić information content (AvgIpc) is 3.30. The average molecular weight is 499 g/mol. The summed E-state index contributed by atoms with van der Waals surface area (Å²) in [5.41, 5.74) is 2.23. The van der Waals surface area contributed by atoms with Crippen LogP contribution in [0.25, 0.3) is 0 Å². The zero-order valence-corrected chi connectivity index (χ0v) is 19.4. The van der Waals surface area contributed by atoms with Crippen molar-refractivity contribution in [2.75, 3.05) is 13.1 Å². The lowest BCUT2D eigenvalue weighted by Gasteiger charge is -2.31. The number of benzene rings is 2. The number of carbonyl (C=O) groups is 2. The molecule has 2 aromatic carbocycles. The summed E-state index contributed by atoms with van der Waals surface area (Å²) < 4.78 is 47.7. The molecule has 2 aliphatic rings. The van der Waals surface area contributed by atoms with Gasteiger partial charge in [-0.15, -0.1) is 0 Å². The minimum absolute atomic E-state index is 0.0341. The molecule has 1 atom stereocenters. The maximum absolute atomic E-state index is 13.3. The molecule has 3 aromatic rings. The fourth-order valence-corrected chi connectivity index (χ4v) is 4.73. The summed E-state index contributed by atoms with van der Waals surface area (Å²) in [6, 6.07) is 9.30. The molecular weight excluding hydrogens is 473 g/mol. The van der Waals surface area contributed by atoms with Gasteiger partial charge in [-0.05, 0) is 48.2 Å². The highest BCUT2D eigenvalue weighted by atomic mass is 19.1. The number of aromatic nitrogens is 2. The van der Waals surface area contributed by atoms with Crippen LogP contribution in [-0.2, 0) is 29.2 Å². The van der Waals surface area contributed by atoms with Crippen LogP contribution < -0.4 is 5.32 Å². The summed E-state index contributed by atoms with van der Waals surface area (Å²) in [6.07, 6.45) is 2.33. The van der Waals surface area contributed by atoms with Crippen LogP contribution >= 0.6 is 0 Å². The number of nitrogens with zero attached hydrogens (tertiary/aromatic N) is 3. The number of rotatable bonds is 5. The molecule has 10 heteroatoms. The second-order valence-electron chi connectivity index (χ2n) is 9.11. The van der Waals surface area contributed by atoms with Crippen LogP contribution in [-0.4, -0.2) is 39.4 Å². The molecular formula is C26H25F3N4O3. The van der Waals surface area contributed by atoms with Gasteiger partial charge in [0.15, 0.2) is 5.69 Å². The summed E-state index contributed by atoms with van der Waals surface area (Å²) in [5.74, 6) is -2.39. The standard InChI is InChI=1S/C26H25F3N4O3/c27-19-3-1-17(2-4-19)23-13-33-15-31-24(22(33)14-36-23)26(35)32-7-5-18(6-8-32)25(34)30-12-16-9-20(28)11-21(29)10-16/h1-4,9-11,15,18,23H,5-8,12-14H2,(H,30,34)/t23-/m0/s1. The van der Waals surface area contributed by atoms with Crippen molar-refractivity contribution in [2.45, 2.75) is 38.6 Å². The zero-order valence-electron chi connectivity index (χ0n) is 19.4. The number of nitrogens with one attached hydrogen (secondary N) is 1. The number of imidazole rings is 1. The number of piperidine rings is 1. The molecule has 1 N–H and O–H groups in total. The van der Waals surface area contributed by atoms with Crippen LogP contribution in [0, 0.1) is 23.4 Å². The third-order valence-electron chi connectivity index (χ3n) is 6.72. The molecule has 0 bridgehead atoms. The Morgan fingerprint density at radius 1 is 1.00 bits per heavy atom. The molecule has 1 saturated heterocycles. The molecule has 36 heavy (non-hydrogen) atoms. The van der Waals surface area contributed by atoms with Gasteiger partial charge in [0.25, 0.3) is 5.91 Å². The lowest BCUT2D eigenvalue weighted by molar-refractivity contribution is -0.126. The van der Waals surface area contributed by atoms with E-state index in [1.165, 1.54) is 24.3 Å². The van der Waals surface area contributed by atoms with Crippen molar-refractivity contribution in [1.82, 2.24) is 19.8 Å². The summed E-state index contributed by atoms with van der Waals surface area (Å²) in [7, 11) is 0. The quantitative estimate of drug-likeness (QED) is 0.582. The van der Waals surface area contributed by atoms with Crippen LogP contribution in [0.15, 0.2) is 48.8 Å². The minimum Gasteiger partial charge on any atom is -0.365 e. The van der Waals surface area contributed by atoms with Crippen molar-refractivity contribution < 1.29 is 27.5 Å². The monoisotopic (exact) mass is 498 g/mol. The van der Waals surface area contributed by atoms with E-state index < -0.39 is 11.6 Å². The first-order chi connectivity index (χ1) is 17.4. The Balaban J connectivity index is 1.15. The van der Waals surface area contributed by atoms with Crippen molar-refractivity contribution in [2.24, 2.45) is 5.92 Å². The van der Waals surface area contributed by atoms with Crippen LogP contribution in [0.4, 0.5) is 13.2 Å². The van der Waals surface area contributed by atoms with E-state index in [4.69, 9.17) is 4.74 Å². The minimum atomic E-state index is -0.691. The van der Waals surface area contributed by atoms with Gasteiger partial charge >= 0.3 is 0 Å². The lowest BCUT2D eigenvalue weighted by atomic mass is 9.95. The van der Waals surface area contributed by atoms with Crippen LogP contribution in [0.2, 0.25) is 0 Å². The van der Waals surface area contributed by atoms with Crippen molar-refractivity contribution in [1.29, 1.82) is 0 Å². The Kier molecular flexibility index (Phi) is 6.77. The number of hydrogen-bond acceptors (Lipinski definition) is 4. The topological polar surface area (TPSA) is 76.5 Å². The second kappa shape index (κ2) is 10.1. The van der Waals surface area contributed by atoms with Gasteiger partial charge in [0, 0.05) is 31.6 Å². The van der Waals surface area contributed by atoms with Gasteiger partial charge in [0.05, 0.1) is 25.2 Å². The third kappa shape index (κ3) is 5.13. The van der Waals surface area contributed by atoms with Crippen LogP contribution in [0.3, 0.4) is 0 Å². The molecule has 2 amide bonds. The normalized spacial score (nSPS) is 18.1. The molecule has 188 valence electrons. The van der Waals surface area contributed by atoms with E-state index >= 15 is 0 Å². The molecule has 7 nitrogen and oxygen atoms in total. The maximum atomic E-state index is 13.3. The number of carbonyl (C=O) groups excluding carboxylic acids is 2. The van der Waals surface area contributed by atoms with E-state index in [-0.39, 0.29) is 42.8 Å². The molecule has 2 aliphatic heterocycles. The van der Waals surface area contributed by atoms with Gasteiger partial charge in [-0.2, -0.15) is 0 Å². The molecule has 1 fully saturated rings. The Morgan fingerprint density at radius 2 is 1.69 bits per heavy atom. The predicted octanol–water partition coefficient (Wildman–Crippen LogP) is 3.74. The summed E-state index contributed by atoms with van der Waals surface area (Å²) in [6.45, 7) is 1.52. The largest absolute Gasteiger partial charge is 0.365 e. The predicted molar refractivity (Wildman–Crippen MR) is 123 cm³/mol. The van der Waals surface area contributed by atoms with E-state index in [0.29, 0.717) is 49.4 Å². The van der Waals surface area contributed by atoms with Gasteiger partial charge in [0.1, 0.15) is 23.6 Å². The Labute approximate surface area is 205 Å². The van der Waals surface area contributed by atoms with Gasteiger partial charge in [0.2, 0.25) is 5.91 Å². The highest BCUT2D eigenvalue weighted by molar-refractivity contribution is 5.93. The van der Waals surface area contributed by atoms with E-state index in [1.54, 1.807) is 23.4 Å². The molecule has 1 aromatic heterocycles. The van der Waals surface area contributed by atoms with E-state index in [2.05, 4.69) is 10.3 Å². The second-order valence-corrected chi connectivity index (χ2v) is 9.11. The van der Waals surface area contributed by atoms with Crippen molar-refractivity contribution in [3.63, 3.8) is 0 Å². The molecule has 0 spiro atoms. The lowest BCUT2D eigenvalue weighted by Crippen LogP contribution is -2.43. The number of amides is 2. The molecule has 0 radical (unpaired) electrons. The number of halogens is 3. The fraction of sp³-hybridized carbons (Fsp3) is 0.346. The smallest absolute Gasteiger partial charge is 0.274 e. The van der Waals surface area contributed by atoms with E-state index in [0.717, 1.165) is 11.6 Å². The SMILES string of the molecule is O=C(NCc1cc(F)cc(F)c1)C1CCN(C(=O)c2ncn3c2CO[C@H](c2ccc(F)cc2)C3)CC1. The first kappa shape index (κ1) is 24.1. The summed E-state index contributed by atoms with van der Waals surface area (Å²) in [5, 5.41) is 2.73. The van der Waals surface area contributed by atoms with E-state index in [9.17, 15) is 22.8 Å². The number of likely N-dealkylation sites (tertiary alicyclic amines) is 1. The zero-order chi connectivity index (χ0) is 25.2. The molecule has 0 unspecified atom stereocenters. The van der Waals surface area contributed by atoms with E-state index in [1.807, 2.05) is 4.57 Å². The summed E-state index contributed by atoms with van der Waals surface area (Å²) >= 11 is 0. The van der Waals surface area contributed by atoms with Crippen LogP contribution in [0.5, 0.6) is 0 Å². The highest BCUT2D eigenvalue weighted by Gasteiger charge is 2.32. The molecule has 0 aliphatic carbocycles. The van der Waals surface area contributed by atoms with Crippen molar-refractivity contribution in [3.8, 4) is 0 Å². The number of ether oxygens (including phenoxy) is 1. The molecule has 3 heterocycles. The Bertz CT molecular complexity index is 1250. The first-order valence-electron chi connectivity index (χ1n) is 11.8. The fourth-order valence-electron chi connectivity index (χ4n) is 4.73. The maximum Gasteiger partial charge on any atom is 0.274 e. The number of hydrogen-bond donors (Lipinski definition) is 1. The van der Waals surface area contributed by atoms with Gasteiger partial charge in [-0.25, -0.2) is 18.2 Å². The molecule has 5 rings (SSSR count).